The van der Waals surface area contributed by atoms with E-state index in [-0.39, 0.29) is 11.3 Å². The van der Waals surface area contributed by atoms with Crippen LogP contribution in [0, 0.1) is 0 Å². The van der Waals surface area contributed by atoms with Crippen LogP contribution in [0.4, 0.5) is 0 Å². The third kappa shape index (κ3) is 4.24. The standard InChI is InChI=1S/C20H20N2O6S/c1-27-16-6-3-15(4-7-16)5-12-19(23)21-13-14-22(20(21)24)29(25,26)18-10-8-17(28-2)9-11-18/h3-4,6-11,13-14H,5,12H2,1-2H3. The molecule has 0 bridgehead atoms. The predicted octanol–water partition coefficient (Wildman–Crippen LogP) is 2.18. The summed E-state index contributed by atoms with van der Waals surface area (Å²) in [6.45, 7) is 0. The molecule has 2 aromatic carbocycles. The van der Waals surface area contributed by atoms with Crippen LogP contribution in [0.1, 0.15) is 16.8 Å². The number of aromatic nitrogens is 2. The SMILES string of the molecule is COc1ccc(CCC(=O)n2ccn(S(=O)(=O)c3ccc(OC)cc3)c2=O)cc1. The van der Waals surface area contributed by atoms with E-state index in [4.69, 9.17) is 9.47 Å². The summed E-state index contributed by atoms with van der Waals surface area (Å²) >= 11 is 0. The molecule has 0 saturated heterocycles. The van der Waals surface area contributed by atoms with Gasteiger partial charge in [-0.2, -0.15) is 3.97 Å². The highest BCUT2D eigenvalue weighted by Gasteiger charge is 2.22. The number of hydrogen-bond donors (Lipinski definition) is 0. The van der Waals surface area contributed by atoms with E-state index in [9.17, 15) is 18.0 Å². The van der Waals surface area contributed by atoms with Gasteiger partial charge >= 0.3 is 5.69 Å². The lowest BCUT2D eigenvalue weighted by molar-refractivity contribution is 0.0899. The maximum atomic E-state index is 12.7. The van der Waals surface area contributed by atoms with Crippen LogP contribution in [0.15, 0.2) is 70.6 Å². The van der Waals surface area contributed by atoms with Crippen LogP contribution in [0.3, 0.4) is 0 Å². The molecule has 0 aliphatic rings. The highest BCUT2D eigenvalue weighted by molar-refractivity contribution is 7.90. The summed E-state index contributed by atoms with van der Waals surface area (Å²) in [6.07, 6.45) is 2.71. The monoisotopic (exact) mass is 416 g/mol. The average Bonchev–Trinajstić information content (AvgIpc) is 3.14. The molecule has 0 aliphatic heterocycles. The molecular weight excluding hydrogens is 396 g/mol. The zero-order valence-electron chi connectivity index (χ0n) is 15.9. The highest BCUT2D eigenvalue weighted by atomic mass is 32.2. The Labute approximate surface area is 168 Å². The second-order valence-electron chi connectivity index (χ2n) is 6.17. The Hall–Kier alpha value is -3.33. The van der Waals surface area contributed by atoms with Gasteiger partial charge in [-0.05, 0) is 48.4 Å². The average molecular weight is 416 g/mol. The van der Waals surface area contributed by atoms with E-state index in [1.807, 2.05) is 12.1 Å². The lowest BCUT2D eigenvalue weighted by Gasteiger charge is -2.06. The van der Waals surface area contributed by atoms with Gasteiger partial charge in [-0.3, -0.25) is 4.79 Å². The summed E-state index contributed by atoms with van der Waals surface area (Å²) in [4.78, 5) is 24.9. The molecule has 3 aromatic rings. The number of hydrogen-bond acceptors (Lipinski definition) is 6. The number of benzene rings is 2. The van der Waals surface area contributed by atoms with Gasteiger partial charge in [0, 0.05) is 18.8 Å². The number of carbonyl (C=O) groups excluding carboxylic acids is 1. The third-order valence-corrected chi connectivity index (χ3v) is 6.08. The van der Waals surface area contributed by atoms with Crippen molar-refractivity contribution in [3.05, 3.63) is 77.0 Å². The molecule has 152 valence electrons. The molecule has 3 rings (SSSR count). The van der Waals surface area contributed by atoms with Gasteiger partial charge in [0.15, 0.2) is 0 Å². The first kappa shape index (κ1) is 20.4. The Balaban J connectivity index is 1.78. The fraction of sp³-hybridized carbons (Fsp3) is 0.200. The Bertz CT molecular complexity index is 1160. The van der Waals surface area contributed by atoms with Crippen molar-refractivity contribution < 1.29 is 22.7 Å². The van der Waals surface area contributed by atoms with E-state index in [0.717, 1.165) is 16.3 Å². The summed E-state index contributed by atoms with van der Waals surface area (Å²) in [5.74, 6) is 0.703. The first-order valence-corrected chi connectivity index (χ1v) is 10.2. The summed E-state index contributed by atoms with van der Waals surface area (Å²) in [7, 11) is -1.09. The van der Waals surface area contributed by atoms with Crippen LogP contribution >= 0.6 is 0 Å². The van der Waals surface area contributed by atoms with E-state index in [1.165, 1.54) is 37.6 Å². The van der Waals surface area contributed by atoms with E-state index in [2.05, 4.69) is 0 Å². The Kier molecular flexibility index (Phi) is 5.88. The maximum Gasteiger partial charge on any atom is 0.349 e. The Morgan fingerprint density at radius 2 is 1.45 bits per heavy atom. The minimum absolute atomic E-state index is 0.0544. The van der Waals surface area contributed by atoms with Crippen LogP contribution in [0.25, 0.3) is 0 Å². The zero-order chi connectivity index (χ0) is 21.0. The maximum absolute atomic E-state index is 12.7. The molecule has 0 aliphatic carbocycles. The van der Waals surface area contributed by atoms with Gasteiger partial charge in [-0.15, -0.1) is 0 Å². The topological polar surface area (TPSA) is 96.6 Å². The molecule has 0 saturated carbocycles. The van der Waals surface area contributed by atoms with Crippen LogP contribution in [-0.2, 0) is 16.4 Å². The van der Waals surface area contributed by atoms with Crippen molar-refractivity contribution in [1.82, 2.24) is 8.54 Å². The van der Waals surface area contributed by atoms with Crippen molar-refractivity contribution in [2.75, 3.05) is 14.2 Å². The Morgan fingerprint density at radius 3 is 2.00 bits per heavy atom. The van der Waals surface area contributed by atoms with Crippen LogP contribution in [0.5, 0.6) is 11.5 Å². The van der Waals surface area contributed by atoms with E-state index < -0.39 is 21.6 Å². The molecule has 0 atom stereocenters. The van der Waals surface area contributed by atoms with E-state index in [1.54, 1.807) is 19.2 Å². The quantitative estimate of drug-likeness (QED) is 0.586. The molecule has 0 spiro atoms. The van der Waals surface area contributed by atoms with Gasteiger partial charge < -0.3 is 9.47 Å². The number of carbonyl (C=O) groups is 1. The van der Waals surface area contributed by atoms with Gasteiger partial charge in [0.2, 0.25) is 5.91 Å². The molecule has 0 N–H and O–H groups in total. The first-order valence-electron chi connectivity index (χ1n) is 8.72. The first-order chi connectivity index (χ1) is 13.9. The molecule has 0 amide bonds. The smallest absolute Gasteiger partial charge is 0.349 e. The molecule has 0 fully saturated rings. The van der Waals surface area contributed by atoms with Crippen molar-refractivity contribution in [2.24, 2.45) is 0 Å². The van der Waals surface area contributed by atoms with Crippen molar-refractivity contribution in [2.45, 2.75) is 17.7 Å². The summed E-state index contributed by atoms with van der Waals surface area (Å²) < 4.78 is 36.9. The molecule has 9 heteroatoms. The molecular formula is C20H20N2O6S. The molecule has 0 radical (unpaired) electrons. The van der Waals surface area contributed by atoms with Crippen molar-refractivity contribution >= 4 is 15.9 Å². The molecule has 8 nitrogen and oxygen atoms in total. The fourth-order valence-corrected chi connectivity index (χ4v) is 3.97. The second-order valence-corrected chi connectivity index (χ2v) is 7.98. The van der Waals surface area contributed by atoms with E-state index >= 15 is 0 Å². The number of aryl methyl sites for hydroxylation is 1. The summed E-state index contributed by atoms with van der Waals surface area (Å²) in [5, 5.41) is 0. The summed E-state index contributed by atoms with van der Waals surface area (Å²) in [5.41, 5.74) is -0.0296. The number of methoxy groups -OCH3 is 2. The van der Waals surface area contributed by atoms with Gasteiger partial charge in [-0.1, -0.05) is 12.1 Å². The van der Waals surface area contributed by atoms with Gasteiger partial charge in [-0.25, -0.2) is 17.8 Å². The van der Waals surface area contributed by atoms with Crippen LogP contribution in [-0.4, -0.2) is 37.1 Å². The Morgan fingerprint density at radius 1 is 0.897 bits per heavy atom. The van der Waals surface area contributed by atoms with Crippen molar-refractivity contribution in [3.63, 3.8) is 0 Å². The highest BCUT2D eigenvalue weighted by Crippen LogP contribution is 2.17. The molecule has 29 heavy (non-hydrogen) atoms. The summed E-state index contributed by atoms with van der Waals surface area (Å²) in [6, 6.07) is 12.9. The number of nitrogens with zero attached hydrogens (tertiary/aromatic N) is 2. The molecule has 1 aromatic heterocycles. The lowest BCUT2D eigenvalue weighted by Crippen LogP contribution is -2.32. The predicted molar refractivity (Wildman–Crippen MR) is 106 cm³/mol. The van der Waals surface area contributed by atoms with Crippen LogP contribution < -0.4 is 15.2 Å². The zero-order valence-corrected chi connectivity index (χ0v) is 16.8. The number of imidazole rings is 1. The van der Waals surface area contributed by atoms with Crippen LogP contribution in [0.2, 0.25) is 0 Å². The normalized spacial score (nSPS) is 11.2. The van der Waals surface area contributed by atoms with E-state index in [0.29, 0.717) is 21.9 Å². The lowest BCUT2D eigenvalue weighted by atomic mass is 10.1. The minimum Gasteiger partial charge on any atom is -0.497 e. The number of rotatable bonds is 7. The van der Waals surface area contributed by atoms with Gasteiger partial charge in [0.05, 0.1) is 19.1 Å². The van der Waals surface area contributed by atoms with Crippen molar-refractivity contribution in [3.8, 4) is 11.5 Å². The fourth-order valence-electron chi connectivity index (χ4n) is 2.76. The van der Waals surface area contributed by atoms with Crippen molar-refractivity contribution in [1.29, 1.82) is 0 Å². The second kappa shape index (κ2) is 8.36. The minimum atomic E-state index is -4.12. The third-order valence-electron chi connectivity index (χ3n) is 4.42. The molecule has 1 heterocycles. The molecule has 0 unspecified atom stereocenters. The largest absolute Gasteiger partial charge is 0.497 e. The number of ether oxygens (including phenoxy) is 2. The van der Waals surface area contributed by atoms with Gasteiger partial charge in [0.1, 0.15) is 11.5 Å². The van der Waals surface area contributed by atoms with Gasteiger partial charge in [0.25, 0.3) is 10.0 Å².